The van der Waals surface area contributed by atoms with Gasteiger partial charge in [-0.15, -0.1) is 0 Å². The summed E-state index contributed by atoms with van der Waals surface area (Å²) in [4.78, 5) is 24.5. The maximum absolute atomic E-state index is 10.6. The minimum Gasteiger partial charge on any atom is -0.475 e. The van der Waals surface area contributed by atoms with E-state index in [2.05, 4.69) is 26.7 Å². The first-order valence-corrected chi connectivity index (χ1v) is 12.6. The fraction of sp³-hybridized carbons (Fsp3) is 0.542. The van der Waals surface area contributed by atoms with Crippen LogP contribution in [-0.2, 0) is 32.2 Å². The second-order valence-electron chi connectivity index (χ2n) is 9.03. The first-order valence-electron chi connectivity index (χ1n) is 11.6. The third kappa shape index (κ3) is 11.9. The number of rotatable bonds is 6. The highest BCUT2D eigenvalue weighted by Crippen LogP contribution is 2.42. The lowest BCUT2D eigenvalue weighted by Gasteiger charge is -2.38. The van der Waals surface area contributed by atoms with Gasteiger partial charge in [0.15, 0.2) is 0 Å². The number of aromatic nitrogens is 1. The van der Waals surface area contributed by atoms with Crippen LogP contribution in [0, 0.1) is 5.41 Å². The number of ether oxygens (including phenoxy) is 2. The van der Waals surface area contributed by atoms with Crippen LogP contribution in [0.5, 0.6) is 0 Å². The van der Waals surface area contributed by atoms with Crippen molar-refractivity contribution >= 4 is 23.3 Å². The number of hydrogen-bond donors (Lipinski definition) is 2. The average Bonchev–Trinajstić information content (AvgIpc) is 3.51. The molecule has 2 aromatic heterocycles. The lowest BCUT2D eigenvalue weighted by Crippen LogP contribution is -2.40. The monoisotopic (exact) mass is 586 g/mol. The van der Waals surface area contributed by atoms with Crippen molar-refractivity contribution in [3.05, 3.63) is 52.5 Å². The van der Waals surface area contributed by atoms with Gasteiger partial charge in [0.25, 0.3) is 0 Å². The van der Waals surface area contributed by atoms with Gasteiger partial charge in [0.1, 0.15) is 0 Å². The Morgan fingerprint density at radius 1 is 1.08 bits per heavy atom. The molecule has 0 radical (unpaired) electrons. The van der Waals surface area contributed by atoms with Crippen LogP contribution in [0.2, 0.25) is 0 Å². The molecule has 2 fully saturated rings. The van der Waals surface area contributed by atoms with Gasteiger partial charge in [-0.3, -0.25) is 9.88 Å². The van der Waals surface area contributed by atoms with E-state index in [-0.39, 0.29) is 6.10 Å². The van der Waals surface area contributed by atoms with Crippen LogP contribution in [0.15, 0.2) is 41.4 Å². The molecule has 0 aromatic carbocycles. The molecule has 2 aliphatic heterocycles. The highest BCUT2D eigenvalue weighted by atomic mass is 32.1. The molecule has 218 valence electrons. The van der Waals surface area contributed by atoms with Crippen molar-refractivity contribution in [2.45, 2.75) is 50.9 Å². The minimum atomic E-state index is -5.08. The number of aliphatic carboxylic acids is 2. The number of nitrogens with zero attached hydrogens (tertiary/aromatic N) is 2. The van der Waals surface area contributed by atoms with Crippen LogP contribution in [0.1, 0.15) is 30.4 Å². The maximum Gasteiger partial charge on any atom is 0.490 e. The van der Waals surface area contributed by atoms with Crippen LogP contribution in [-0.4, -0.2) is 76.8 Å². The quantitative estimate of drug-likeness (QED) is 0.456. The summed E-state index contributed by atoms with van der Waals surface area (Å²) in [5.74, 6) is -5.51. The number of piperidine rings is 1. The largest absolute Gasteiger partial charge is 0.490 e. The van der Waals surface area contributed by atoms with Gasteiger partial charge in [-0.2, -0.15) is 37.7 Å². The van der Waals surface area contributed by atoms with Crippen molar-refractivity contribution in [2.75, 3.05) is 26.3 Å². The normalized spacial score (nSPS) is 19.0. The predicted molar refractivity (Wildman–Crippen MR) is 127 cm³/mol. The number of thiophene rings is 1. The SMILES string of the molecule is O=C(O)C(F)(F)F.O=C(O)C(F)(F)F.c1cncc(COCC2CC3(CCN(Cc4ccsc4)CC3)CO2)c1. The molecule has 0 bridgehead atoms. The number of alkyl halides is 6. The molecular formula is C24H28F6N2O6S. The first-order chi connectivity index (χ1) is 18.2. The molecule has 2 aliphatic rings. The number of carbonyl (C=O) groups is 2. The molecule has 4 rings (SSSR count). The van der Waals surface area contributed by atoms with E-state index in [1.807, 2.05) is 18.3 Å². The Bertz CT molecular complexity index is 988. The van der Waals surface area contributed by atoms with Crippen molar-refractivity contribution in [3.63, 3.8) is 0 Å². The summed E-state index contributed by atoms with van der Waals surface area (Å²) < 4.78 is 75.4. The molecule has 1 atom stereocenters. The van der Waals surface area contributed by atoms with E-state index in [1.54, 1.807) is 17.5 Å². The molecule has 0 aliphatic carbocycles. The molecule has 1 unspecified atom stereocenters. The highest BCUT2D eigenvalue weighted by molar-refractivity contribution is 7.07. The molecule has 1 spiro atoms. The molecule has 15 heteroatoms. The highest BCUT2D eigenvalue weighted by Gasteiger charge is 2.42. The molecule has 39 heavy (non-hydrogen) atoms. The predicted octanol–water partition coefficient (Wildman–Crippen LogP) is 5.00. The van der Waals surface area contributed by atoms with Crippen LogP contribution in [0.25, 0.3) is 0 Å². The fourth-order valence-electron chi connectivity index (χ4n) is 3.97. The Hall–Kier alpha value is -2.75. The van der Waals surface area contributed by atoms with Gasteiger partial charge >= 0.3 is 24.3 Å². The lowest BCUT2D eigenvalue weighted by molar-refractivity contribution is -0.193. The van der Waals surface area contributed by atoms with Gasteiger partial charge in [0, 0.05) is 18.9 Å². The molecule has 8 nitrogen and oxygen atoms in total. The van der Waals surface area contributed by atoms with Crippen LogP contribution in [0.4, 0.5) is 26.3 Å². The molecule has 4 heterocycles. The molecule has 2 aromatic rings. The van der Waals surface area contributed by atoms with Crippen molar-refractivity contribution in [1.82, 2.24) is 9.88 Å². The summed E-state index contributed by atoms with van der Waals surface area (Å²) in [7, 11) is 0. The van der Waals surface area contributed by atoms with E-state index in [9.17, 15) is 26.3 Å². The van der Waals surface area contributed by atoms with Gasteiger partial charge in [-0.05, 0) is 71.8 Å². The molecule has 0 amide bonds. The van der Waals surface area contributed by atoms with Crippen LogP contribution < -0.4 is 0 Å². The Labute approximate surface area is 224 Å². The zero-order chi connectivity index (χ0) is 29.1. The second kappa shape index (κ2) is 14.6. The Morgan fingerprint density at radius 2 is 1.69 bits per heavy atom. The summed E-state index contributed by atoms with van der Waals surface area (Å²) in [6.07, 6.45) is -2.63. The Balaban J connectivity index is 0.000000317. The minimum absolute atomic E-state index is 0.250. The standard InChI is InChI=1S/C20H26N2O2S.2C2HF3O2/c1-2-17(11-21-6-1)13-23-14-19-10-20(16-24-19)4-7-22(8-5-20)12-18-3-9-25-15-18;2*3-2(4,5)1(6)7/h1-3,6,9,11,15,19H,4-5,7-8,10,12-14,16H2;2*(H,6,7). The average molecular weight is 587 g/mol. The zero-order valence-corrected chi connectivity index (χ0v) is 21.4. The third-order valence-electron chi connectivity index (χ3n) is 5.97. The number of carboxylic acid groups (broad SMARTS) is 2. The number of pyridine rings is 1. The van der Waals surface area contributed by atoms with E-state index < -0.39 is 24.3 Å². The molecule has 0 saturated carbocycles. The van der Waals surface area contributed by atoms with Crippen molar-refractivity contribution < 1.29 is 55.6 Å². The smallest absolute Gasteiger partial charge is 0.475 e. The zero-order valence-electron chi connectivity index (χ0n) is 20.6. The summed E-state index contributed by atoms with van der Waals surface area (Å²) >= 11 is 1.79. The van der Waals surface area contributed by atoms with Gasteiger partial charge < -0.3 is 19.7 Å². The van der Waals surface area contributed by atoms with Gasteiger partial charge in [-0.25, -0.2) is 9.59 Å². The van der Waals surface area contributed by atoms with Gasteiger partial charge in [0.2, 0.25) is 0 Å². The number of hydrogen-bond acceptors (Lipinski definition) is 7. The maximum atomic E-state index is 10.6. The van der Waals surface area contributed by atoms with E-state index in [0.717, 1.165) is 25.1 Å². The summed E-state index contributed by atoms with van der Waals surface area (Å²) in [6.45, 7) is 5.67. The Kier molecular flexibility index (Phi) is 12.1. The van der Waals surface area contributed by atoms with Crippen LogP contribution >= 0.6 is 11.3 Å². The molecule has 2 N–H and O–H groups in total. The van der Waals surface area contributed by atoms with E-state index in [1.165, 1.54) is 31.5 Å². The molecular weight excluding hydrogens is 558 g/mol. The van der Waals surface area contributed by atoms with Gasteiger partial charge in [-0.1, -0.05) is 6.07 Å². The van der Waals surface area contributed by atoms with Crippen molar-refractivity contribution in [1.29, 1.82) is 0 Å². The number of carboxylic acids is 2. The van der Waals surface area contributed by atoms with E-state index >= 15 is 0 Å². The summed E-state index contributed by atoms with van der Waals surface area (Å²) in [5, 5.41) is 18.7. The Morgan fingerprint density at radius 3 is 2.18 bits per heavy atom. The number of likely N-dealkylation sites (tertiary alicyclic amines) is 1. The molecule has 2 saturated heterocycles. The van der Waals surface area contributed by atoms with E-state index in [0.29, 0.717) is 18.6 Å². The van der Waals surface area contributed by atoms with Gasteiger partial charge in [0.05, 0.1) is 25.9 Å². The second-order valence-corrected chi connectivity index (χ2v) is 9.81. The third-order valence-corrected chi connectivity index (χ3v) is 6.70. The number of halogens is 6. The first kappa shape index (κ1) is 32.5. The summed E-state index contributed by atoms with van der Waals surface area (Å²) in [5.41, 5.74) is 2.95. The van der Waals surface area contributed by atoms with Crippen LogP contribution in [0.3, 0.4) is 0 Å². The van der Waals surface area contributed by atoms with E-state index in [4.69, 9.17) is 29.3 Å². The fourth-order valence-corrected chi connectivity index (χ4v) is 4.63. The summed E-state index contributed by atoms with van der Waals surface area (Å²) in [6, 6.07) is 6.24. The van der Waals surface area contributed by atoms with Crippen molar-refractivity contribution in [2.24, 2.45) is 5.41 Å². The topological polar surface area (TPSA) is 109 Å². The van der Waals surface area contributed by atoms with Crippen molar-refractivity contribution in [3.8, 4) is 0 Å². The lowest BCUT2D eigenvalue weighted by atomic mass is 9.76.